The fraction of sp³-hybridized carbons (Fsp3) is 0.357. The monoisotopic (exact) mass is 295 g/mol. The molecule has 1 unspecified atom stereocenters. The van der Waals surface area contributed by atoms with Gasteiger partial charge in [-0.25, -0.2) is 0 Å². The van der Waals surface area contributed by atoms with Crippen molar-refractivity contribution in [2.75, 3.05) is 5.73 Å². The van der Waals surface area contributed by atoms with E-state index in [-0.39, 0.29) is 0 Å². The van der Waals surface area contributed by atoms with E-state index in [1.807, 2.05) is 12.1 Å². The highest BCUT2D eigenvalue weighted by atomic mass is 35.5. The van der Waals surface area contributed by atoms with Gasteiger partial charge < -0.3 is 5.73 Å². The first-order valence-corrected chi connectivity index (χ1v) is 7.12. The van der Waals surface area contributed by atoms with E-state index in [4.69, 9.17) is 28.9 Å². The van der Waals surface area contributed by atoms with Crippen LogP contribution < -0.4 is 5.73 Å². The Morgan fingerprint density at radius 1 is 1.32 bits per heavy atom. The van der Waals surface area contributed by atoms with Crippen LogP contribution in [0.2, 0.25) is 10.0 Å². The number of aromatic amines is 1. The van der Waals surface area contributed by atoms with Crippen LogP contribution in [0, 0.1) is 5.92 Å². The summed E-state index contributed by atoms with van der Waals surface area (Å²) in [6.45, 7) is 2.21. The van der Waals surface area contributed by atoms with Gasteiger partial charge in [-0.05, 0) is 36.5 Å². The van der Waals surface area contributed by atoms with Crippen molar-refractivity contribution in [3.63, 3.8) is 0 Å². The van der Waals surface area contributed by atoms with Gasteiger partial charge in [0.2, 0.25) is 0 Å². The van der Waals surface area contributed by atoms with Crippen molar-refractivity contribution in [1.82, 2.24) is 10.2 Å². The largest absolute Gasteiger partial charge is 0.382 e. The molecule has 3 nitrogen and oxygen atoms in total. The summed E-state index contributed by atoms with van der Waals surface area (Å²) in [4.78, 5) is 0. The van der Waals surface area contributed by atoms with Crippen molar-refractivity contribution in [3.8, 4) is 11.1 Å². The Morgan fingerprint density at radius 2 is 2.05 bits per heavy atom. The van der Waals surface area contributed by atoms with Crippen molar-refractivity contribution < 1.29 is 0 Å². The summed E-state index contributed by atoms with van der Waals surface area (Å²) >= 11 is 12.0. The number of hydrogen-bond donors (Lipinski definition) is 2. The number of nitrogen functional groups attached to an aromatic ring is 1. The number of rotatable bonds is 3. The van der Waals surface area contributed by atoms with Crippen molar-refractivity contribution in [2.45, 2.75) is 25.7 Å². The number of H-pyrrole nitrogens is 1. The lowest BCUT2D eigenvalue weighted by molar-refractivity contribution is 0.642. The Hall–Kier alpha value is -1.19. The molecule has 1 aliphatic carbocycles. The Bertz CT molecular complexity index is 617. The Kier molecular flexibility index (Phi) is 3.19. The summed E-state index contributed by atoms with van der Waals surface area (Å²) in [5.74, 6) is 1.69. The van der Waals surface area contributed by atoms with Crippen LogP contribution in [-0.2, 0) is 0 Å². The Labute approximate surface area is 122 Å². The zero-order chi connectivity index (χ0) is 13.6. The first-order chi connectivity index (χ1) is 9.08. The third kappa shape index (κ3) is 2.33. The lowest BCUT2D eigenvalue weighted by Gasteiger charge is -2.11. The van der Waals surface area contributed by atoms with E-state index in [1.54, 1.807) is 6.07 Å². The molecule has 0 spiro atoms. The van der Waals surface area contributed by atoms with Gasteiger partial charge in [0, 0.05) is 17.2 Å². The second-order valence-electron chi connectivity index (χ2n) is 5.15. The van der Waals surface area contributed by atoms with E-state index in [0.29, 0.717) is 21.8 Å². The molecule has 1 saturated carbocycles. The topological polar surface area (TPSA) is 54.7 Å². The Balaban J connectivity index is 2.07. The number of nitrogens with two attached hydrogens (primary N) is 1. The van der Waals surface area contributed by atoms with Gasteiger partial charge in [0.15, 0.2) is 5.82 Å². The minimum atomic E-state index is 0.439. The highest BCUT2D eigenvalue weighted by Gasteiger charge is 2.32. The molecule has 0 amide bonds. The normalized spacial score (nSPS) is 16.6. The number of hydrogen-bond acceptors (Lipinski definition) is 2. The van der Waals surface area contributed by atoms with Gasteiger partial charge in [0.05, 0.1) is 10.0 Å². The van der Waals surface area contributed by atoms with Gasteiger partial charge in [0.25, 0.3) is 0 Å². The number of benzene rings is 1. The molecule has 100 valence electrons. The molecule has 1 aromatic heterocycles. The van der Waals surface area contributed by atoms with Crippen LogP contribution in [0.3, 0.4) is 0 Å². The Morgan fingerprint density at radius 3 is 2.68 bits per heavy atom. The van der Waals surface area contributed by atoms with Crippen molar-refractivity contribution in [3.05, 3.63) is 33.9 Å². The second kappa shape index (κ2) is 4.73. The van der Waals surface area contributed by atoms with Crippen LogP contribution in [0.1, 0.15) is 31.4 Å². The molecule has 19 heavy (non-hydrogen) atoms. The van der Waals surface area contributed by atoms with Gasteiger partial charge >= 0.3 is 0 Å². The molecule has 3 N–H and O–H groups in total. The minimum absolute atomic E-state index is 0.439. The van der Waals surface area contributed by atoms with Crippen molar-refractivity contribution in [1.29, 1.82) is 0 Å². The highest BCUT2D eigenvalue weighted by molar-refractivity contribution is 6.42. The summed E-state index contributed by atoms with van der Waals surface area (Å²) in [6, 6.07) is 5.56. The fourth-order valence-corrected chi connectivity index (χ4v) is 2.78. The van der Waals surface area contributed by atoms with Crippen LogP contribution >= 0.6 is 23.2 Å². The van der Waals surface area contributed by atoms with E-state index in [1.165, 1.54) is 12.8 Å². The van der Waals surface area contributed by atoms with E-state index >= 15 is 0 Å². The van der Waals surface area contributed by atoms with E-state index in [0.717, 1.165) is 22.7 Å². The number of halogens is 2. The molecule has 5 heteroatoms. The van der Waals surface area contributed by atoms with Gasteiger partial charge in [-0.2, -0.15) is 5.10 Å². The van der Waals surface area contributed by atoms with Crippen LogP contribution in [0.5, 0.6) is 0 Å². The smallest absolute Gasteiger partial charge is 0.153 e. The van der Waals surface area contributed by atoms with Crippen LogP contribution in [0.4, 0.5) is 5.82 Å². The molecule has 1 atom stereocenters. The molecule has 0 saturated heterocycles. The van der Waals surface area contributed by atoms with Crippen LogP contribution in [-0.4, -0.2) is 10.2 Å². The molecule has 0 aliphatic heterocycles. The summed E-state index contributed by atoms with van der Waals surface area (Å²) in [7, 11) is 0. The molecular formula is C14H15Cl2N3. The number of anilines is 1. The lowest BCUT2D eigenvalue weighted by atomic mass is 9.95. The quantitative estimate of drug-likeness (QED) is 0.877. The molecule has 0 radical (unpaired) electrons. The van der Waals surface area contributed by atoms with Gasteiger partial charge in [-0.1, -0.05) is 36.2 Å². The predicted molar refractivity (Wildman–Crippen MR) is 79.6 cm³/mol. The summed E-state index contributed by atoms with van der Waals surface area (Å²) in [6.07, 6.45) is 2.56. The zero-order valence-electron chi connectivity index (χ0n) is 10.6. The molecule has 0 bridgehead atoms. The first kappa shape index (κ1) is 12.8. The average Bonchev–Trinajstić information content (AvgIpc) is 3.16. The van der Waals surface area contributed by atoms with Crippen molar-refractivity contribution in [2.24, 2.45) is 5.92 Å². The molecular weight excluding hydrogens is 281 g/mol. The van der Waals surface area contributed by atoms with Crippen LogP contribution in [0.15, 0.2) is 18.2 Å². The maximum absolute atomic E-state index is 6.09. The van der Waals surface area contributed by atoms with E-state index in [2.05, 4.69) is 17.1 Å². The van der Waals surface area contributed by atoms with Gasteiger partial charge in [-0.3, -0.25) is 5.10 Å². The highest BCUT2D eigenvalue weighted by Crippen LogP contribution is 2.45. The summed E-state index contributed by atoms with van der Waals surface area (Å²) in [5.41, 5.74) is 9.01. The first-order valence-electron chi connectivity index (χ1n) is 6.37. The minimum Gasteiger partial charge on any atom is -0.382 e. The molecule has 1 heterocycles. The lowest BCUT2D eigenvalue weighted by Crippen LogP contribution is -1.99. The maximum Gasteiger partial charge on any atom is 0.153 e. The zero-order valence-corrected chi connectivity index (χ0v) is 12.1. The van der Waals surface area contributed by atoms with Crippen molar-refractivity contribution >= 4 is 29.0 Å². The number of aromatic nitrogens is 2. The summed E-state index contributed by atoms with van der Waals surface area (Å²) < 4.78 is 0. The standard InChI is InChI=1S/C14H15Cl2N3/c1-7(8-2-3-8)13-12(14(17)19-18-13)9-4-5-10(15)11(16)6-9/h4-8H,2-3H2,1H3,(H3,17,18,19). The average molecular weight is 296 g/mol. The van der Waals surface area contributed by atoms with Crippen LogP contribution in [0.25, 0.3) is 11.1 Å². The molecule has 1 aromatic carbocycles. The van der Waals surface area contributed by atoms with E-state index in [9.17, 15) is 0 Å². The number of nitrogens with one attached hydrogen (secondary N) is 1. The van der Waals surface area contributed by atoms with Gasteiger partial charge in [-0.15, -0.1) is 0 Å². The fourth-order valence-electron chi connectivity index (χ4n) is 2.49. The molecule has 1 aliphatic rings. The third-order valence-electron chi connectivity index (χ3n) is 3.82. The third-order valence-corrected chi connectivity index (χ3v) is 4.55. The number of nitrogens with zero attached hydrogens (tertiary/aromatic N) is 1. The second-order valence-corrected chi connectivity index (χ2v) is 5.97. The molecule has 1 fully saturated rings. The van der Waals surface area contributed by atoms with E-state index < -0.39 is 0 Å². The SMILES string of the molecule is CC(c1[nH]nc(N)c1-c1ccc(Cl)c(Cl)c1)C1CC1. The van der Waals surface area contributed by atoms with Gasteiger partial charge in [0.1, 0.15) is 0 Å². The summed E-state index contributed by atoms with van der Waals surface area (Å²) in [5, 5.41) is 8.31. The maximum atomic E-state index is 6.09. The molecule has 2 aromatic rings. The predicted octanol–water partition coefficient (Wildman–Crippen LogP) is 4.48. The molecule has 3 rings (SSSR count).